The standard InChI is InChI=1S/C18H22N2O5S/c1-13(2)17(18(21)22)20(12-14-5-4-10-19-11-14)26(23,24)16-8-6-15(25-3)7-9-16/h4-11,13,17H,12H2,1-3H3,(H,21,22)/t17-/m0/s1. The highest BCUT2D eigenvalue weighted by Crippen LogP contribution is 2.26. The van der Waals surface area contributed by atoms with Crippen molar-refractivity contribution in [3.05, 3.63) is 54.4 Å². The summed E-state index contributed by atoms with van der Waals surface area (Å²) in [5, 5.41) is 9.64. The van der Waals surface area contributed by atoms with Crippen LogP contribution >= 0.6 is 0 Å². The average molecular weight is 378 g/mol. The highest BCUT2D eigenvalue weighted by molar-refractivity contribution is 7.89. The number of methoxy groups -OCH3 is 1. The van der Waals surface area contributed by atoms with Crippen LogP contribution in [-0.4, -0.2) is 41.9 Å². The maximum absolute atomic E-state index is 13.2. The quantitative estimate of drug-likeness (QED) is 0.758. The predicted molar refractivity (Wildman–Crippen MR) is 96.2 cm³/mol. The Bertz CT molecular complexity index is 836. The zero-order valence-electron chi connectivity index (χ0n) is 14.9. The van der Waals surface area contributed by atoms with E-state index in [4.69, 9.17) is 4.74 Å². The van der Waals surface area contributed by atoms with E-state index < -0.39 is 28.0 Å². The topological polar surface area (TPSA) is 96.8 Å². The summed E-state index contributed by atoms with van der Waals surface area (Å²) in [5.41, 5.74) is 0.608. The van der Waals surface area contributed by atoms with E-state index in [-0.39, 0.29) is 11.4 Å². The number of benzene rings is 1. The normalized spacial score (nSPS) is 13.0. The number of carboxylic acids is 1. The summed E-state index contributed by atoms with van der Waals surface area (Å²) in [6, 6.07) is 8.05. The van der Waals surface area contributed by atoms with Crippen LogP contribution in [0.25, 0.3) is 0 Å². The van der Waals surface area contributed by atoms with Gasteiger partial charge in [0.15, 0.2) is 0 Å². The number of ether oxygens (including phenoxy) is 1. The molecule has 0 aliphatic rings. The van der Waals surface area contributed by atoms with Gasteiger partial charge in [-0.3, -0.25) is 9.78 Å². The van der Waals surface area contributed by atoms with E-state index in [2.05, 4.69) is 4.98 Å². The second-order valence-corrected chi connectivity index (χ2v) is 8.00. The molecular formula is C18H22N2O5S. The zero-order valence-corrected chi connectivity index (χ0v) is 15.7. The van der Waals surface area contributed by atoms with Crippen LogP contribution in [0.4, 0.5) is 0 Å². The Morgan fingerprint density at radius 1 is 1.23 bits per heavy atom. The molecular weight excluding hydrogens is 356 g/mol. The van der Waals surface area contributed by atoms with Gasteiger partial charge in [-0.25, -0.2) is 8.42 Å². The van der Waals surface area contributed by atoms with Crippen LogP contribution < -0.4 is 4.74 Å². The number of pyridine rings is 1. The molecule has 1 aromatic carbocycles. The van der Waals surface area contributed by atoms with Gasteiger partial charge in [-0.05, 0) is 41.8 Å². The SMILES string of the molecule is COc1ccc(S(=O)(=O)N(Cc2cccnc2)[C@H](C(=O)O)C(C)C)cc1. The Morgan fingerprint density at radius 2 is 1.88 bits per heavy atom. The number of carbonyl (C=O) groups is 1. The Hall–Kier alpha value is -2.45. The number of carboxylic acid groups (broad SMARTS) is 1. The highest BCUT2D eigenvalue weighted by Gasteiger charge is 2.38. The van der Waals surface area contributed by atoms with Crippen molar-refractivity contribution in [3.8, 4) is 5.75 Å². The number of aliphatic carboxylic acids is 1. The zero-order chi connectivity index (χ0) is 19.3. The van der Waals surface area contributed by atoms with Crippen molar-refractivity contribution < 1.29 is 23.1 Å². The van der Waals surface area contributed by atoms with Gasteiger partial charge < -0.3 is 9.84 Å². The fourth-order valence-corrected chi connectivity index (χ4v) is 4.33. The second kappa shape index (κ2) is 8.29. The number of rotatable bonds is 8. The van der Waals surface area contributed by atoms with E-state index in [9.17, 15) is 18.3 Å². The number of nitrogens with zero attached hydrogens (tertiary/aromatic N) is 2. The maximum atomic E-state index is 13.2. The maximum Gasteiger partial charge on any atom is 0.322 e. The lowest BCUT2D eigenvalue weighted by molar-refractivity contribution is -0.143. The van der Waals surface area contributed by atoms with Gasteiger partial charge in [0.2, 0.25) is 10.0 Å². The highest BCUT2D eigenvalue weighted by atomic mass is 32.2. The minimum atomic E-state index is -4.04. The molecule has 8 heteroatoms. The first-order chi connectivity index (χ1) is 12.3. The smallest absolute Gasteiger partial charge is 0.322 e. The summed E-state index contributed by atoms with van der Waals surface area (Å²) in [5.74, 6) is -1.10. The van der Waals surface area contributed by atoms with Crippen LogP contribution in [0.3, 0.4) is 0 Å². The summed E-state index contributed by atoms with van der Waals surface area (Å²) in [6.45, 7) is 3.27. The lowest BCUT2D eigenvalue weighted by Gasteiger charge is -2.30. The van der Waals surface area contributed by atoms with Crippen LogP contribution in [0.2, 0.25) is 0 Å². The number of aromatic nitrogens is 1. The molecule has 1 N–H and O–H groups in total. The molecule has 0 radical (unpaired) electrons. The molecule has 1 heterocycles. The fraction of sp³-hybridized carbons (Fsp3) is 0.333. The molecule has 140 valence electrons. The molecule has 0 saturated heterocycles. The van der Waals surface area contributed by atoms with Gasteiger partial charge in [0.25, 0.3) is 0 Å². The third-order valence-corrected chi connectivity index (χ3v) is 5.76. The van der Waals surface area contributed by atoms with Gasteiger partial charge in [-0.15, -0.1) is 0 Å². The fourth-order valence-electron chi connectivity index (χ4n) is 2.63. The predicted octanol–water partition coefficient (Wildman–Crippen LogP) is 2.39. The van der Waals surface area contributed by atoms with E-state index in [0.29, 0.717) is 11.3 Å². The molecule has 0 aliphatic heterocycles. The minimum absolute atomic E-state index is 0.00842. The summed E-state index contributed by atoms with van der Waals surface area (Å²) < 4.78 is 32.4. The molecule has 2 aromatic rings. The van der Waals surface area contributed by atoms with Gasteiger partial charge in [-0.1, -0.05) is 19.9 Å². The van der Waals surface area contributed by atoms with Crippen molar-refractivity contribution in [2.24, 2.45) is 5.92 Å². The summed E-state index contributed by atoms with van der Waals surface area (Å²) in [7, 11) is -2.56. The van der Waals surface area contributed by atoms with Gasteiger partial charge in [0.05, 0.1) is 12.0 Å². The first-order valence-corrected chi connectivity index (χ1v) is 9.49. The van der Waals surface area contributed by atoms with Crippen molar-refractivity contribution >= 4 is 16.0 Å². The Kier molecular flexibility index (Phi) is 6.33. The van der Waals surface area contributed by atoms with Crippen molar-refractivity contribution in [1.29, 1.82) is 0 Å². The average Bonchev–Trinajstić information content (AvgIpc) is 2.61. The molecule has 0 amide bonds. The summed E-state index contributed by atoms with van der Waals surface area (Å²) in [6.07, 6.45) is 3.10. The third-order valence-electron chi connectivity index (χ3n) is 3.92. The number of sulfonamides is 1. The van der Waals surface area contributed by atoms with Gasteiger partial charge >= 0.3 is 5.97 Å². The number of hydrogen-bond acceptors (Lipinski definition) is 5. The second-order valence-electron chi connectivity index (χ2n) is 6.11. The Morgan fingerprint density at radius 3 is 2.35 bits per heavy atom. The Balaban J connectivity index is 2.51. The van der Waals surface area contributed by atoms with Crippen LogP contribution in [0.1, 0.15) is 19.4 Å². The molecule has 0 bridgehead atoms. The van der Waals surface area contributed by atoms with E-state index in [1.807, 2.05) is 0 Å². The van der Waals surface area contributed by atoms with Crippen LogP contribution in [0.5, 0.6) is 5.75 Å². The summed E-state index contributed by atoms with van der Waals surface area (Å²) >= 11 is 0. The molecule has 0 spiro atoms. The first kappa shape index (κ1) is 19.9. The van der Waals surface area contributed by atoms with E-state index in [0.717, 1.165) is 4.31 Å². The molecule has 0 aliphatic carbocycles. The van der Waals surface area contributed by atoms with Crippen molar-refractivity contribution in [3.63, 3.8) is 0 Å². The molecule has 26 heavy (non-hydrogen) atoms. The van der Waals surface area contributed by atoms with E-state index in [1.165, 1.54) is 37.6 Å². The molecule has 0 saturated carbocycles. The molecule has 2 rings (SSSR count). The first-order valence-electron chi connectivity index (χ1n) is 8.05. The third kappa shape index (κ3) is 4.39. The molecule has 7 nitrogen and oxygen atoms in total. The molecule has 0 fully saturated rings. The monoisotopic (exact) mass is 378 g/mol. The number of hydrogen-bond donors (Lipinski definition) is 1. The van der Waals surface area contributed by atoms with Crippen LogP contribution in [-0.2, 0) is 21.4 Å². The van der Waals surface area contributed by atoms with Crippen LogP contribution in [0.15, 0.2) is 53.7 Å². The lowest BCUT2D eigenvalue weighted by Crippen LogP contribution is -2.47. The molecule has 1 aromatic heterocycles. The molecule has 0 unspecified atom stereocenters. The largest absolute Gasteiger partial charge is 0.497 e. The van der Waals surface area contributed by atoms with Crippen molar-refractivity contribution in [1.82, 2.24) is 9.29 Å². The van der Waals surface area contributed by atoms with Crippen molar-refractivity contribution in [2.45, 2.75) is 31.3 Å². The molecule has 1 atom stereocenters. The van der Waals surface area contributed by atoms with E-state index in [1.54, 1.807) is 32.2 Å². The Labute approximate surface area is 153 Å². The van der Waals surface area contributed by atoms with E-state index >= 15 is 0 Å². The van der Waals surface area contributed by atoms with Gasteiger partial charge in [0.1, 0.15) is 11.8 Å². The van der Waals surface area contributed by atoms with Gasteiger partial charge in [0, 0.05) is 18.9 Å². The summed E-state index contributed by atoms with van der Waals surface area (Å²) in [4.78, 5) is 15.8. The lowest BCUT2D eigenvalue weighted by atomic mass is 10.0. The van der Waals surface area contributed by atoms with Crippen molar-refractivity contribution in [2.75, 3.05) is 7.11 Å². The van der Waals surface area contributed by atoms with Crippen LogP contribution in [0, 0.1) is 5.92 Å². The van der Waals surface area contributed by atoms with Gasteiger partial charge in [-0.2, -0.15) is 4.31 Å². The minimum Gasteiger partial charge on any atom is -0.497 e.